The molecule has 5 atom stereocenters. The lowest BCUT2D eigenvalue weighted by molar-refractivity contribution is -0.137. The first-order valence-electron chi connectivity index (χ1n) is 7.23. The summed E-state index contributed by atoms with van der Waals surface area (Å²) in [6, 6.07) is 3.35. The van der Waals surface area contributed by atoms with Gasteiger partial charge in [-0.05, 0) is 37.1 Å². The highest BCUT2D eigenvalue weighted by Gasteiger charge is 2.72. The number of piperidine rings is 1. The van der Waals surface area contributed by atoms with Crippen molar-refractivity contribution in [2.45, 2.75) is 42.5 Å². The lowest BCUT2D eigenvalue weighted by Crippen LogP contribution is -2.69. The second-order valence-corrected chi connectivity index (χ2v) is 6.55. The number of benzene rings is 1. The molecule has 0 radical (unpaired) electrons. The van der Waals surface area contributed by atoms with Gasteiger partial charge in [0, 0.05) is 17.6 Å². The lowest BCUT2D eigenvalue weighted by Gasteiger charge is -2.52. The first kappa shape index (κ1) is 11.8. The van der Waals surface area contributed by atoms with Crippen LogP contribution in [0.25, 0.3) is 0 Å². The second-order valence-electron chi connectivity index (χ2n) is 6.55. The Morgan fingerprint density at radius 1 is 1.43 bits per heavy atom. The zero-order valence-electron chi connectivity index (χ0n) is 11.5. The van der Waals surface area contributed by atoms with Crippen LogP contribution in [0.4, 0.5) is 0 Å². The van der Waals surface area contributed by atoms with E-state index in [-0.39, 0.29) is 23.6 Å². The maximum atomic E-state index is 12.3. The summed E-state index contributed by atoms with van der Waals surface area (Å²) in [5, 5.41) is 24.9. The number of phenolic OH excluding ortho intramolecular Hbond substituents is 1. The van der Waals surface area contributed by atoms with Crippen LogP contribution in [0.2, 0.25) is 0 Å². The second kappa shape index (κ2) is 3.15. The molecule has 2 bridgehead atoms. The molecule has 2 heterocycles. The standard InChI is InChI=1S/C16H15NO4/c1-7-16(20)5-4-11(19)14-15(16)6-9(17-7)8-2-3-10(18)13(21-14)12(8)15/h2-5,7,9,14,17-18,20H,6H2,1H3. The number of ether oxygens (including phenoxy) is 1. The summed E-state index contributed by atoms with van der Waals surface area (Å²) in [6.07, 6.45) is 2.89. The van der Waals surface area contributed by atoms with Gasteiger partial charge in [-0.1, -0.05) is 6.07 Å². The highest BCUT2D eigenvalue weighted by atomic mass is 16.5. The number of aromatic hydroxyl groups is 1. The third kappa shape index (κ3) is 0.990. The van der Waals surface area contributed by atoms with Crippen molar-refractivity contribution in [1.29, 1.82) is 0 Å². The number of carbonyl (C=O) groups is 1. The van der Waals surface area contributed by atoms with E-state index in [9.17, 15) is 15.0 Å². The van der Waals surface area contributed by atoms with Crippen molar-refractivity contribution in [3.8, 4) is 11.5 Å². The molecule has 0 saturated carbocycles. The number of rotatable bonds is 0. The predicted molar refractivity (Wildman–Crippen MR) is 73.3 cm³/mol. The average Bonchev–Trinajstić information content (AvgIpc) is 2.93. The van der Waals surface area contributed by atoms with Crippen LogP contribution in [0.5, 0.6) is 11.5 Å². The minimum Gasteiger partial charge on any atom is -0.504 e. The number of ketones is 1. The van der Waals surface area contributed by atoms with Crippen molar-refractivity contribution >= 4 is 5.78 Å². The number of fused-ring (bicyclic) bond motifs is 2. The Labute approximate surface area is 121 Å². The Morgan fingerprint density at radius 2 is 2.24 bits per heavy atom. The van der Waals surface area contributed by atoms with Crippen LogP contribution in [-0.4, -0.2) is 33.7 Å². The van der Waals surface area contributed by atoms with E-state index in [0.717, 1.165) is 11.1 Å². The van der Waals surface area contributed by atoms with Crippen LogP contribution >= 0.6 is 0 Å². The first-order valence-corrected chi connectivity index (χ1v) is 7.23. The molecule has 0 aromatic heterocycles. The maximum Gasteiger partial charge on any atom is 0.196 e. The molecule has 3 N–H and O–H groups in total. The fraction of sp³-hybridized carbons (Fsp3) is 0.438. The number of carbonyl (C=O) groups excluding carboxylic acids is 1. The van der Waals surface area contributed by atoms with Gasteiger partial charge in [-0.15, -0.1) is 0 Å². The largest absolute Gasteiger partial charge is 0.504 e. The van der Waals surface area contributed by atoms with Gasteiger partial charge in [0.25, 0.3) is 0 Å². The summed E-state index contributed by atoms with van der Waals surface area (Å²) in [4.78, 5) is 12.3. The van der Waals surface area contributed by atoms with Crippen molar-refractivity contribution in [2.24, 2.45) is 0 Å². The van der Waals surface area contributed by atoms with Gasteiger partial charge in [0.2, 0.25) is 0 Å². The van der Waals surface area contributed by atoms with Gasteiger partial charge in [-0.3, -0.25) is 4.79 Å². The van der Waals surface area contributed by atoms with Crippen LogP contribution < -0.4 is 10.1 Å². The molecule has 5 rings (SSSR count). The molecule has 4 aliphatic rings. The van der Waals surface area contributed by atoms with E-state index < -0.39 is 17.1 Å². The van der Waals surface area contributed by atoms with Crippen molar-refractivity contribution in [1.82, 2.24) is 5.32 Å². The Hall–Kier alpha value is -1.85. The number of phenols is 1. The van der Waals surface area contributed by atoms with Crippen LogP contribution in [0.15, 0.2) is 24.3 Å². The number of hydrogen-bond acceptors (Lipinski definition) is 5. The highest BCUT2D eigenvalue weighted by molar-refractivity contribution is 5.99. The molecular formula is C16H15NO4. The van der Waals surface area contributed by atoms with Gasteiger partial charge in [0.05, 0.1) is 5.41 Å². The fourth-order valence-electron chi connectivity index (χ4n) is 4.88. The van der Waals surface area contributed by atoms with Gasteiger partial charge < -0.3 is 20.3 Å². The van der Waals surface area contributed by atoms with E-state index in [1.807, 2.05) is 13.0 Å². The molecule has 5 unspecified atom stereocenters. The molecule has 21 heavy (non-hydrogen) atoms. The van der Waals surface area contributed by atoms with E-state index in [0.29, 0.717) is 12.2 Å². The highest BCUT2D eigenvalue weighted by Crippen LogP contribution is 2.66. The summed E-state index contributed by atoms with van der Waals surface area (Å²) >= 11 is 0. The van der Waals surface area contributed by atoms with Gasteiger partial charge in [0.1, 0.15) is 5.60 Å². The van der Waals surface area contributed by atoms with Crippen LogP contribution in [0.1, 0.15) is 30.5 Å². The normalized spacial score (nSPS) is 44.7. The summed E-state index contributed by atoms with van der Waals surface area (Å²) in [5.74, 6) is 0.259. The third-order valence-corrected chi connectivity index (χ3v) is 5.79. The van der Waals surface area contributed by atoms with Gasteiger partial charge in [0.15, 0.2) is 23.4 Å². The van der Waals surface area contributed by atoms with E-state index in [4.69, 9.17) is 4.74 Å². The minimum absolute atomic E-state index is 0.0351. The number of aliphatic hydroxyl groups is 1. The van der Waals surface area contributed by atoms with Gasteiger partial charge >= 0.3 is 0 Å². The molecule has 1 fully saturated rings. The van der Waals surface area contributed by atoms with Crippen molar-refractivity contribution in [3.05, 3.63) is 35.4 Å². The molecule has 2 aliphatic heterocycles. The summed E-state index contributed by atoms with van der Waals surface area (Å²) in [6.45, 7) is 1.93. The first-order chi connectivity index (χ1) is 9.99. The third-order valence-electron chi connectivity index (χ3n) is 5.79. The average molecular weight is 285 g/mol. The van der Waals surface area contributed by atoms with E-state index in [2.05, 4.69) is 5.32 Å². The monoisotopic (exact) mass is 285 g/mol. The zero-order chi connectivity index (χ0) is 14.6. The topological polar surface area (TPSA) is 78.8 Å². The Bertz CT molecular complexity index is 742. The summed E-state index contributed by atoms with van der Waals surface area (Å²) in [5.41, 5.74) is -0.130. The van der Waals surface area contributed by atoms with Crippen LogP contribution in [0.3, 0.4) is 0 Å². The Kier molecular flexibility index (Phi) is 1.77. The fourth-order valence-corrected chi connectivity index (χ4v) is 4.88. The van der Waals surface area contributed by atoms with Crippen LogP contribution in [-0.2, 0) is 10.2 Å². The quantitative estimate of drug-likeness (QED) is 0.654. The van der Waals surface area contributed by atoms with E-state index >= 15 is 0 Å². The van der Waals surface area contributed by atoms with Gasteiger partial charge in [-0.2, -0.15) is 0 Å². The molecule has 1 spiro atoms. The van der Waals surface area contributed by atoms with Crippen molar-refractivity contribution < 1.29 is 19.7 Å². The number of hydrogen-bond donors (Lipinski definition) is 3. The smallest absolute Gasteiger partial charge is 0.196 e. The minimum atomic E-state index is -1.19. The lowest BCUT2D eigenvalue weighted by atomic mass is 9.58. The van der Waals surface area contributed by atoms with Crippen molar-refractivity contribution in [2.75, 3.05) is 0 Å². The number of nitrogens with one attached hydrogen (secondary N) is 1. The zero-order valence-corrected chi connectivity index (χ0v) is 11.5. The van der Waals surface area contributed by atoms with E-state index in [1.165, 1.54) is 6.08 Å². The Morgan fingerprint density at radius 3 is 3.05 bits per heavy atom. The molecule has 108 valence electrons. The summed E-state index contributed by atoms with van der Waals surface area (Å²) in [7, 11) is 0. The van der Waals surface area contributed by atoms with Crippen molar-refractivity contribution in [3.63, 3.8) is 0 Å². The SMILES string of the molecule is CC1NC2CC34c5c2ccc(O)c5OC3C(=O)C=CC14O. The molecular weight excluding hydrogens is 270 g/mol. The molecule has 5 heteroatoms. The van der Waals surface area contributed by atoms with E-state index in [1.54, 1.807) is 12.1 Å². The Balaban J connectivity index is 1.93. The predicted octanol–water partition coefficient (Wildman–Crippen LogP) is 0.697. The molecule has 1 saturated heterocycles. The van der Waals surface area contributed by atoms with Gasteiger partial charge in [-0.25, -0.2) is 0 Å². The molecule has 2 aliphatic carbocycles. The van der Waals surface area contributed by atoms with Crippen LogP contribution in [0, 0.1) is 0 Å². The molecule has 1 aromatic rings. The molecule has 0 amide bonds. The molecule has 1 aromatic carbocycles. The molecule has 5 nitrogen and oxygen atoms in total. The maximum absolute atomic E-state index is 12.3. The summed E-state index contributed by atoms with van der Waals surface area (Å²) < 4.78 is 5.82.